The van der Waals surface area contributed by atoms with Crippen LogP contribution >= 0.6 is 11.6 Å². The number of hydrogen-bond donors (Lipinski definition) is 1. The summed E-state index contributed by atoms with van der Waals surface area (Å²) in [4.78, 5) is 27.5. The summed E-state index contributed by atoms with van der Waals surface area (Å²) in [5.74, 6) is -1.25. The summed E-state index contributed by atoms with van der Waals surface area (Å²) in [5, 5.41) is 3.24. The average molecular weight is 548 g/mol. The molecule has 1 atom stereocenters. The fourth-order valence-electron chi connectivity index (χ4n) is 3.29. The SMILES string of the molecule is CC(C(=O)NC(C)(C)C)N(Cc1ccc(Cl)cc1)C(=O)CN(c1cccc(C(F)(F)F)c1)S(C)(=O)=O. The maximum atomic E-state index is 13.4. The average Bonchev–Trinajstić information content (AvgIpc) is 2.74. The Balaban J connectivity index is 2.45. The molecule has 0 aromatic heterocycles. The number of benzene rings is 2. The fraction of sp³-hybridized carbons (Fsp3) is 0.417. The third-order valence-corrected chi connectivity index (χ3v) is 6.46. The molecular weight excluding hydrogens is 519 g/mol. The van der Waals surface area contributed by atoms with Gasteiger partial charge in [0.1, 0.15) is 12.6 Å². The topological polar surface area (TPSA) is 86.8 Å². The number of carbonyl (C=O) groups excluding carboxylic acids is 2. The molecule has 2 rings (SSSR count). The minimum Gasteiger partial charge on any atom is -0.350 e. The lowest BCUT2D eigenvalue weighted by atomic mass is 10.1. The van der Waals surface area contributed by atoms with E-state index < -0.39 is 51.7 Å². The van der Waals surface area contributed by atoms with Gasteiger partial charge >= 0.3 is 6.18 Å². The lowest BCUT2D eigenvalue weighted by Crippen LogP contribution is -2.54. The number of anilines is 1. The predicted molar refractivity (Wildman–Crippen MR) is 133 cm³/mol. The van der Waals surface area contributed by atoms with Gasteiger partial charge in [-0.15, -0.1) is 0 Å². The van der Waals surface area contributed by atoms with E-state index in [1.54, 1.807) is 45.0 Å². The highest BCUT2D eigenvalue weighted by Crippen LogP contribution is 2.32. The van der Waals surface area contributed by atoms with Crippen molar-refractivity contribution in [3.05, 3.63) is 64.7 Å². The number of nitrogens with one attached hydrogen (secondary N) is 1. The smallest absolute Gasteiger partial charge is 0.350 e. The monoisotopic (exact) mass is 547 g/mol. The molecule has 0 saturated carbocycles. The third-order valence-electron chi connectivity index (χ3n) is 5.07. The molecule has 2 aromatic carbocycles. The summed E-state index contributed by atoms with van der Waals surface area (Å²) in [6.07, 6.45) is -3.91. The van der Waals surface area contributed by atoms with Crippen molar-refractivity contribution in [1.82, 2.24) is 10.2 Å². The molecule has 7 nitrogen and oxygen atoms in total. The molecule has 0 radical (unpaired) electrons. The quantitative estimate of drug-likeness (QED) is 0.529. The van der Waals surface area contributed by atoms with Crippen molar-refractivity contribution < 1.29 is 31.2 Å². The van der Waals surface area contributed by atoms with Crippen molar-refractivity contribution in [2.45, 2.75) is 52.0 Å². The molecule has 198 valence electrons. The van der Waals surface area contributed by atoms with Crippen molar-refractivity contribution in [1.29, 1.82) is 0 Å². The normalized spacial score (nSPS) is 13.1. The molecule has 0 aliphatic heterocycles. The standard InChI is InChI=1S/C24H29ClF3N3O4S/c1-16(22(33)29-23(2,3)4)30(14-17-9-11-19(25)12-10-17)21(32)15-31(36(5,34)35)20-8-6-7-18(13-20)24(26,27)28/h6-13,16H,14-15H2,1-5H3,(H,29,33). The van der Waals surface area contributed by atoms with Crippen molar-refractivity contribution in [2.24, 2.45) is 0 Å². The highest BCUT2D eigenvalue weighted by Gasteiger charge is 2.34. The van der Waals surface area contributed by atoms with Crippen LogP contribution < -0.4 is 9.62 Å². The predicted octanol–water partition coefficient (Wildman–Crippen LogP) is 4.46. The van der Waals surface area contributed by atoms with Gasteiger partial charge in [-0.2, -0.15) is 13.2 Å². The van der Waals surface area contributed by atoms with Crippen LogP contribution in [0.15, 0.2) is 48.5 Å². The van der Waals surface area contributed by atoms with Gasteiger partial charge in [0.05, 0.1) is 17.5 Å². The van der Waals surface area contributed by atoms with E-state index in [-0.39, 0.29) is 12.2 Å². The first-order valence-electron chi connectivity index (χ1n) is 10.9. The van der Waals surface area contributed by atoms with Crippen LogP contribution in [-0.2, 0) is 32.3 Å². The Labute approximate surface area is 214 Å². The number of amides is 2. The zero-order valence-corrected chi connectivity index (χ0v) is 22.1. The fourth-order valence-corrected chi connectivity index (χ4v) is 4.26. The molecule has 2 amide bonds. The molecule has 1 unspecified atom stereocenters. The molecule has 0 saturated heterocycles. The van der Waals surface area contributed by atoms with Crippen LogP contribution in [0.5, 0.6) is 0 Å². The van der Waals surface area contributed by atoms with Gasteiger partial charge in [-0.3, -0.25) is 13.9 Å². The number of hydrogen-bond acceptors (Lipinski definition) is 4. The molecule has 36 heavy (non-hydrogen) atoms. The first kappa shape index (κ1) is 29.4. The zero-order chi connectivity index (χ0) is 27.5. The van der Waals surface area contributed by atoms with Gasteiger partial charge in [-0.1, -0.05) is 29.8 Å². The van der Waals surface area contributed by atoms with Crippen LogP contribution in [-0.4, -0.2) is 49.5 Å². The van der Waals surface area contributed by atoms with Gasteiger partial charge in [-0.25, -0.2) is 8.42 Å². The molecule has 1 N–H and O–H groups in total. The summed E-state index contributed by atoms with van der Waals surface area (Å²) in [7, 11) is -4.16. The lowest BCUT2D eigenvalue weighted by molar-refractivity contribution is -0.140. The molecule has 12 heteroatoms. The first-order chi connectivity index (χ1) is 16.4. The van der Waals surface area contributed by atoms with Crippen molar-refractivity contribution in [3.8, 4) is 0 Å². The van der Waals surface area contributed by atoms with Gasteiger partial charge in [0.15, 0.2) is 0 Å². The minimum absolute atomic E-state index is 0.0606. The molecular formula is C24H29ClF3N3O4S. The molecule has 0 heterocycles. The largest absolute Gasteiger partial charge is 0.416 e. The van der Waals surface area contributed by atoms with Crippen LogP contribution in [0, 0.1) is 0 Å². The zero-order valence-electron chi connectivity index (χ0n) is 20.6. The Morgan fingerprint density at radius 1 is 1.06 bits per heavy atom. The third kappa shape index (κ3) is 8.41. The van der Waals surface area contributed by atoms with Crippen molar-refractivity contribution in [2.75, 3.05) is 17.1 Å². The molecule has 2 aromatic rings. The number of nitrogens with zero attached hydrogens (tertiary/aromatic N) is 2. The maximum Gasteiger partial charge on any atom is 0.416 e. The number of carbonyl (C=O) groups is 2. The van der Waals surface area contributed by atoms with E-state index in [0.29, 0.717) is 21.0 Å². The van der Waals surface area contributed by atoms with E-state index >= 15 is 0 Å². The lowest BCUT2D eigenvalue weighted by Gasteiger charge is -2.33. The second kappa shape index (κ2) is 11.1. The number of halogens is 4. The van der Waals surface area contributed by atoms with E-state index in [2.05, 4.69) is 5.32 Å². The van der Waals surface area contributed by atoms with Gasteiger partial charge in [0.2, 0.25) is 21.8 Å². The number of sulfonamides is 1. The van der Waals surface area contributed by atoms with Gasteiger partial charge in [0, 0.05) is 17.1 Å². The van der Waals surface area contributed by atoms with Crippen LogP contribution in [0.4, 0.5) is 18.9 Å². The van der Waals surface area contributed by atoms with E-state index in [9.17, 15) is 31.2 Å². The van der Waals surface area contributed by atoms with Crippen LogP contribution in [0.25, 0.3) is 0 Å². The van der Waals surface area contributed by atoms with Gasteiger partial charge in [0.25, 0.3) is 0 Å². The number of rotatable bonds is 8. The van der Waals surface area contributed by atoms with Gasteiger partial charge in [-0.05, 0) is 63.6 Å². The van der Waals surface area contributed by atoms with E-state index in [1.807, 2.05) is 0 Å². The Morgan fingerprint density at radius 2 is 1.64 bits per heavy atom. The Hall–Kier alpha value is -2.79. The highest BCUT2D eigenvalue weighted by atomic mass is 35.5. The molecule has 0 bridgehead atoms. The Bertz CT molecular complexity index is 1200. The van der Waals surface area contributed by atoms with Crippen LogP contribution in [0.1, 0.15) is 38.8 Å². The molecule has 0 aliphatic rings. The molecule has 0 aliphatic carbocycles. The summed E-state index contributed by atoms with van der Waals surface area (Å²) in [5.41, 5.74) is -1.36. The van der Waals surface area contributed by atoms with Crippen molar-refractivity contribution in [3.63, 3.8) is 0 Å². The molecule has 0 spiro atoms. The maximum absolute atomic E-state index is 13.4. The highest BCUT2D eigenvalue weighted by molar-refractivity contribution is 7.92. The second-order valence-electron chi connectivity index (χ2n) is 9.38. The summed E-state index contributed by atoms with van der Waals surface area (Å²) in [6, 6.07) is 9.18. The van der Waals surface area contributed by atoms with Crippen LogP contribution in [0.2, 0.25) is 5.02 Å². The van der Waals surface area contributed by atoms with Crippen LogP contribution in [0.3, 0.4) is 0 Å². The molecule has 0 fully saturated rings. The van der Waals surface area contributed by atoms with Crippen molar-refractivity contribution >= 4 is 39.1 Å². The second-order valence-corrected chi connectivity index (χ2v) is 11.7. The minimum atomic E-state index is -4.70. The van der Waals surface area contributed by atoms with E-state index in [4.69, 9.17) is 11.6 Å². The van der Waals surface area contributed by atoms with Gasteiger partial charge < -0.3 is 10.2 Å². The Kier molecular flexibility index (Phi) is 9.06. The summed E-state index contributed by atoms with van der Waals surface area (Å²) in [6.45, 7) is 5.92. The number of alkyl halides is 3. The summed E-state index contributed by atoms with van der Waals surface area (Å²) >= 11 is 5.93. The van der Waals surface area contributed by atoms with E-state index in [0.717, 1.165) is 18.4 Å². The Morgan fingerprint density at radius 3 is 2.14 bits per heavy atom. The van der Waals surface area contributed by atoms with E-state index in [1.165, 1.54) is 17.9 Å². The first-order valence-corrected chi connectivity index (χ1v) is 13.1. The summed E-state index contributed by atoms with van der Waals surface area (Å²) < 4.78 is 65.3.